The van der Waals surface area contributed by atoms with Crippen LogP contribution in [0.1, 0.15) is 58.7 Å². The van der Waals surface area contributed by atoms with E-state index in [0.29, 0.717) is 17.0 Å². The number of benzene rings is 2. The second-order valence-electron chi connectivity index (χ2n) is 8.37. The summed E-state index contributed by atoms with van der Waals surface area (Å²) in [5.41, 5.74) is 3.96. The van der Waals surface area contributed by atoms with Gasteiger partial charge in [0.25, 0.3) is 5.91 Å². The van der Waals surface area contributed by atoms with Gasteiger partial charge in [-0.1, -0.05) is 79.7 Å². The van der Waals surface area contributed by atoms with Gasteiger partial charge in [-0.2, -0.15) is 0 Å². The van der Waals surface area contributed by atoms with E-state index in [-0.39, 0.29) is 17.9 Å². The summed E-state index contributed by atoms with van der Waals surface area (Å²) in [6.07, 6.45) is 0. The highest BCUT2D eigenvalue weighted by atomic mass is 16.5. The number of quaternary nitrogens is 1. The Labute approximate surface area is 178 Å². The van der Waals surface area contributed by atoms with E-state index in [9.17, 15) is 4.79 Å². The summed E-state index contributed by atoms with van der Waals surface area (Å²) in [4.78, 5) is 16.7. The first-order chi connectivity index (χ1) is 14.6. The van der Waals surface area contributed by atoms with Crippen LogP contribution in [0.3, 0.4) is 0 Å². The maximum atomic E-state index is 13.2. The van der Waals surface area contributed by atoms with E-state index >= 15 is 0 Å². The summed E-state index contributed by atoms with van der Waals surface area (Å²) >= 11 is 0. The van der Waals surface area contributed by atoms with Crippen LogP contribution in [0.2, 0.25) is 0 Å². The molecule has 2 aromatic carbocycles. The second kappa shape index (κ2) is 8.84. The van der Waals surface area contributed by atoms with Gasteiger partial charge in [0, 0.05) is 17.0 Å². The third-order valence-corrected chi connectivity index (χ3v) is 5.99. The Bertz CT molecular complexity index is 935. The standard InChI is InChI=1S/C25H29N3O2/c1-18(2)24-22(19(3)26-30-24)25(29)28-16-14-27(15-17-28)23(20-10-6-4-7-11-20)21-12-8-5-9-13-21/h4-13,18,23H,14-17H2,1-3H3/p+1. The molecule has 0 saturated carbocycles. The fraction of sp³-hybridized carbons (Fsp3) is 0.360. The molecule has 0 spiro atoms. The lowest BCUT2D eigenvalue weighted by atomic mass is 9.96. The van der Waals surface area contributed by atoms with E-state index in [2.05, 4.69) is 65.8 Å². The number of hydrogen-bond donors (Lipinski definition) is 1. The van der Waals surface area contributed by atoms with Gasteiger partial charge in [0.2, 0.25) is 0 Å². The summed E-state index contributed by atoms with van der Waals surface area (Å²) in [5.74, 6) is 0.879. The number of aryl methyl sites for hydroxylation is 1. The van der Waals surface area contributed by atoms with E-state index in [1.165, 1.54) is 16.0 Å². The van der Waals surface area contributed by atoms with Gasteiger partial charge < -0.3 is 14.3 Å². The molecule has 1 amide bonds. The second-order valence-corrected chi connectivity index (χ2v) is 8.37. The zero-order valence-corrected chi connectivity index (χ0v) is 18.0. The molecular formula is C25H30N3O2+. The number of aromatic nitrogens is 1. The summed E-state index contributed by atoms with van der Waals surface area (Å²) < 4.78 is 5.44. The van der Waals surface area contributed by atoms with Crippen LogP contribution in [0.25, 0.3) is 0 Å². The molecule has 0 unspecified atom stereocenters. The average Bonchev–Trinajstić information content (AvgIpc) is 3.17. The van der Waals surface area contributed by atoms with Gasteiger partial charge in [-0.15, -0.1) is 0 Å². The van der Waals surface area contributed by atoms with Crippen LogP contribution < -0.4 is 4.90 Å². The molecule has 1 N–H and O–H groups in total. The largest absolute Gasteiger partial charge is 0.360 e. The quantitative estimate of drug-likeness (QED) is 0.710. The highest BCUT2D eigenvalue weighted by Gasteiger charge is 2.34. The zero-order valence-electron chi connectivity index (χ0n) is 18.0. The molecule has 30 heavy (non-hydrogen) atoms. The normalized spacial score (nSPS) is 15.2. The van der Waals surface area contributed by atoms with Gasteiger partial charge >= 0.3 is 0 Å². The molecule has 1 aliphatic rings. The molecule has 0 aliphatic carbocycles. The minimum absolute atomic E-state index is 0.0486. The third-order valence-electron chi connectivity index (χ3n) is 5.99. The van der Waals surface area contributed by atoms with Gasteiger partial charge in [0.1, 0.15) is 11.6 Å². The Morgan fingerprint density at radius 1 is 0.967 bits per heavy atom. The van der Waals surface area contributed by atoms with E-state index in [0.717, 1.165) is 26.2 Å². The number of nitrogens with zero attached hydrogens (tertiary/aromatic N) is 2. The maximum Gasteiger partial charge on any atom is 0.259 e. The number of piperazine rings is 1. The molecule has 0 atom stereocenters. The van der Waals surface area contributed by atoms with E-state index in [4.69, 9.17) is 4.52 Å². The Morgan fingerprint density at radius 2 is 1.50 bits per heavy atom. The number of carbonyl (C=O) groups excluding carboxylic acids is 1. The molecule has 156 valence electrons. The highest BCUT2D eigenvalue weighted by Crippen LogP contribution is 2.24. The van der Waals surface area contributed by atoms with Gasteiger partial charge in [0.05, 0.1) is 31.9 Å². The van der Waals surface area contributed by atoms with E-state index in [1.807, 2.05) is 25.7 Å². The minimum Gasteiger partial charge on any atom is -0.360 e. The number of nitrogens with one attached hydrogen (secondary N) is 1. The molecule has 1 aromatic heterocycles. The molecule has 1 fully saturated rings. The van der Waals surface area contributed by atoms with E-state index in [1.54, 1.807) is 0 Å². The zero-order chi connectivity index (χ0) is 21.1. The Balaban J connectivity index is 1.53. The molecule has 5 nitrogen and oxygen atoms in total. The molecule has 4 rings (SSSR count). The van der Waals surface area contributed by atoms with Crippen molar-refractivity contribution in [3.63, 3.8) is 0 Å². The summed E-state index contributed by atoms with van der Waals surface area (Å²) in [6, 6.07) is 21.6. The van der Waals surface area contributed by atoms with Crippen molar-refractivity contribution < 1.29 is 14.2 Å². The van der Waals surface area contributed by atoms with Crippen molar-refractivity contribution in [2.75, 3.05) is 26.2 Å². The highest BCUT2D eigenvalue weighted by molar-refractivity contribution is 5.96. The molecule has 1 aliphatic heterocycles. The van der Waals surface area contributed by atoms with Gasteiger partial charge in [-0.25, -0.2) is 0 Å². The van der Waals surface area contributed by atoms with Crippen LogP contribution in [-0.4, -0.2) is 42.1 Å². The van der Waals surface area contributed by atoms with Crippen molar-refractivity contribution in [3.05, 3.63) is 88.8 Å². The molecule has 3 aromatic rings. The van der Waals surface area contributed by atoms with Gasteiger partial charge in [0.15, 0.2) is 5.76 Å². The van der Waals surface area contributed by atoms with Crippen LogP contribution >= 0.6 is 0 Å². The predicted molar refractivity (Wildman–Crippen MR) is 117 cm³/mol. The number of hydrogen-bond acceptors (Lipinski definition) is 3. The van der Waals surface area contributed by atoms with Crippen LogP contribution in [-0.2, 0) is 0 Å². The minimum atomic E-state index is 0.0486. The van der Waals surface area contributed by atoms with Crippen molar-refractivity contribution in [1.29, 1.82) is 0 Å². The Hall–Kier alpha value is -2.92. The molecule has 0 bridgehead atoms. The molecule has 5 heteroatoms. The molecule has 1 saturated heterocycles. The first-order valence-electron chi connectivity index (χ1n) is 10.8. The Morgan fingerprint density at radius 3 is 2.00 bits per heavy atom. The van der Waals surface area contributed by atoms with Gasteiger partial charge in [-0.05, 0) is 6.92 Å². The summed E-state index contributed by atoms with van der Waals surface area (Å²) in [5, 5.41) is 4.05. The Kier molecular flexibility index (Phi) is 6.00. The van der Waals surface area contributed by atoms with Crippen LogP contribution in [0.4, 0.5) is 0 Å². The van der Waals surface area contributed by atoms with Crippen molar-refractivity contribution >= 4 is 5.91 Å². The predicted octanol–water partition coefficient (Wildman–Crippen LogP) is 3.24. The average molecular weight is 405 g/mol. The van der Waals surface area contributed by atoms with Crippen LogP contribution in [0.15, 0.2) is 65.2 Å². The number of amides is 1. The van der Waals surface area contributed by atoms with Crippen LogP contribution in [0.5, 0.6) is 0 Å². The number of carbonyl (C=O) groups is 1. The first-order valence-corrected chi connectivity index (χ1v) is 10.8. The third kappa shape index (κ3) is 4.03. The molecule has 0 radical (unpaired) electrons. The summed E-state index contributed by atoms with van der Waals surface area (Å²) in [7, 11) is 0. The number of rotatable bonds is 5. The fourth-order valence-corrected chi connectivity index (χ4v) is 4.44. The lowest BCUT2D eigenvalue weighted by Crippen LogP contribution is -3.15. The van der Waals surface area contributed by atoms with Crippen molar-refractivity contribution in [2.24, 2.45) is 0 Å². The van der Waals surface area contributed by atoms with Crippen molar-refractivity contribution in [1.82, 2.24) is 10.1 Å². The lowest BCUT2D eigenvalue weighted by molar-refractivity contribution is -0.929. The van der Waals surface area contributed by atoms with Crippen LogP contribution in [0, 0.1) is 6.92 Å². The SMILES string of the molecule is Cc1noc(C(C)C)c1C(=O)N1CC[NH+](C(c2ccccc2)c2ccccc2)CC1. The van der Waals surface area contributed by atoms with Gasteiger partial charge in [-0.3, -0.25) is 4.79 Å². The van der Waals surface area contributed by atoms with Crippen molar-refractivity contribution in [3.8, 4) is 0 Å². The lowest BCUT2D eigenvalue weighted by Gasteiger charge is -2.37. The smallest absolute Gasteiger partial charge is 0.259 e. The monoisotopic (exact) mass is 404 g/mol. The fourth-order valence-electron chi connectivity index (χ4n) is 4.44. The van der Waals surface area contributed by atoms with E-state index < -0.39 is 0 Å². The maximum absolute atomic E-state index is 13.2. The topological polar surface area (TPSA) is 50.8 Å². The molecule has 2 heterocycles. The summed E-state index contributed by atoms with van der Waals surface area (Å²) in [6.45, 7) is 9.18. The molecular weight excluding hydrogens is 374 g/mol. The van der Waals surface area contributed by atoms with Crippen molar-refractivity contribution in [2.45, 2.75) is 32.7 Å². The first kappa shape index (κ1) is 20.4.